The van der Waals surface area contributed by atoms with Crippen LogP contribution in [-0.2, 0) is 34.0 Å². The van der Waals surface area contributed by atoms with Crippen molar-refractivity contribution in [3.8, 4) is 11.5 Å². The van der Waals surface area contributed by atoms with Gasteiger partial charge in [-0.3, -0.25) is 34.0 Å². The number of aromatic nitrogens is 2. The SMILES string of the molecule is Cc1cn(CC(=O)N(CC(=O)NCCNC(=O)OCc2cc3c(cc2[N+](=O)[O-])OCO3)Cc2ccccc2)c(=O)[nH]c1=O. The summed E-state index contributed by atoms with van der Waals surface area (Å²) >= 11 is 0. The topological polar surface area (TPSA) is 204 Å². The minimum absolute atomic E-state index is 0.00987. The zero-order valence-corrected chi connectivity index (χ0v) is 23.0. The van der Waals surface area contributed by atoms with E-state index in [2.05, 4.69) is 15.6 Å². The van der Waals surface area contributed by atoms with Gasteiger partial charge >= 0.3 is 11.8 Å². The third-order valence-electron chi connectivity index (χ3n) is 6.24. The first-order valence-electron chi connectivity index (χ1n) is 13.0. The molecule has 1 aliphatic rings. The van der Waals surface area contributed by atoms with Crippen molar-refractivity contribution in [3.05, 3.63) is 96.3 Å². The number of amides is 3. The van der Waals surface area contributed by atoms with Crippen LogP contribution in [-0.4, -0.2) is 63.7 Å². The van der Waals surface area contributed by atoms with E-state index < -0.39 is 47.2 Å². The van der Waals surface area contributed by atoms with Crippen molar-refractivity contribution in [1.29, 1.82) is 0 Å². The quantitative estimate of drug-likeness (QED) is 0.150. The molecule has 2 heterocycles. The molecule has 0 saturated carbocycles. The van der Waals surface area contributed by atoms with Gasteiger partial charge < -0.3 is 29.7 Å². The van der Waals surface area contributed by atoms with Crippen LogP contribution in [0.2, 0.25) is 0 Å². The summed E-state index contributed by atoms with van der Waals surface area (Å²) in [6, 6.07) is 11.5. The van der Waals surface area contributed by atoms with Crippen LogP contribution in [0.1, 0.15) is 16.7 Å². The highest BCUT2D eigenvalue weighted by Gasteiger charge is 2.24. The molecule has 1 aromatic heterocycles. The largest absolute Gasteiger partial charge is 0.454 e. The van der Waals surface area contributed by atoms with Crippen LogP contribution in [0.5, 0.6) is 11.5 Å². The van der Waals surface area contributed by atoms with Gasteiger partial charge in [0.1, 0.15) is 13.2 Å². The fourth-order valence-electron chi connectivity index (χ4n) is 4.07. The van der Waals surface area contributed by atoms with Crippen molar-refractivity contribution in [2.75, 3.05) is 26.4 Å². The maximum atomic E-state index is 13.1. The molecule has 16 nitrogen and oxygen atoms in total. The number of nitrogens with one attached hydrogen (secondary N) is 3. The first-order valence-corrected chi connectivity index (χ1v) is 13.0. The van der Waals surface area contributed by atoms with E-state index in [1.807, 2.05) is 0 Å². The first-order chi connectivity index (χ1) is 20.6. The molecule has 4 rings (SSSR count). The second kappa shape index (κ2) is 13.8. The highest BCUT2D eigenvalue weighted by molar-refractivity contribution is 5.84. The van der Waals surface area contributed by atoms with Crippen molar-refractivity contribution >= 4 is 23.6 Å². The Kier molecular flexibility index (Phi) is 9.72. The Labute approximate surface area is 243 Å². The number of aryl methyl sites for hydroxylation is 1. The molecule has 0 fully saturated rings. The smallest absolute Gasteiger partial charge is 0.407 e. The van der Waals surface area contributed by atoms with E-state index in [4.69, 9.17) is 14.2 Å². The number of hydrogen-bond donors (Lipinski definition) is 3. The normalized spacial score (nSPS) is 11.5. The molecule has 16 heteroatoms. The Morgan fingerprint density at radius 1 is 1.09 bits per heavy atom. The summed E-state index contributed by atoms with van der Waals surface area (Å²) in [7, 11) is 0. The molecule has 0 bridgehead atoms. The van der Waals surface area contributed by atoms with E-state index in [9.17, 15) is 34.1 Å². The number of ether oxygens (including phenoxy) is 3. The van der Waals surface area contributed by atoms with Crippen LogP contribution in [0.4, 0.5) is 10.5 Å². The predicted octanol–water partition coefficient (Wildman–Crippen LogP) is 0.553. The summed E-state index contributed by atoms with van der Waals surface area (Å²) < 4.78 is 16.5. The van der Waals surface area contributed by atoms with Crippen LogP contribution in [0.3, 0.4) is 0 Å². The molecule has 1 aliphatic heterocycles. The van der Waals surface area contributed by atoms with Gasteiger partial charge in [0.05, 0.1) is 23.1 Å². The van der Waals surface area contributed by atoms with Crippen molar-refractivity contribution in [1.82, 2.24) is 25.1 Å². The molecule has 0 unspecified atom stereocenters. The number of nitro benzene ring substituents is 1. The summed E-state index contributed by atoms with van der Waals surface area (Å²) in [4.78, 5) is 75.8. The zero-order valence-electron chi connectivity index (χ0n) is 23.0. The number of H-pyrrole nitrogens is 1. The lowest BCUT2D eigenvalue weighted by molar-refractivity contribution is -0.385. The Morgan fingerprint density at radius 3 is 2.51 bits per heavy atom. The molecule has 0 radical (unpaired) electrons. The Hall–Kier alpha value is -5.67. The van der Waals surface area contributed by atoms with Gasteiger partial charge in [0.15, 0.2) is 11.5 Å². The Morgan fingerprint density at radius 2 is 1.79 bits per heavy atom. The Balaban J connectivity index is 1.28. The van der Waals surface area contributed by atoms with Crippen molar-refractivity contribution in [2.45, 2.75) is 26.6 Å². The van der Waals surface area contributed by atoms with E-state index in [1.165, 1.54) is 30.2 Å². The van der Waals surface area contributed by atoms with Gasteiger partial charge in [-0.05, 0) is 18.6 Å². The number of nitro groups is 1. The first kappa shape index (κ1) is 30.3. The molecular formula is C27H28N6O10. The predicted molar refractivity (Wildman–Crippen MR) is 148 cm³/mol. The maximum Gasteiger partial charge on any atom is 0.407 e. The molecule has 43 heavy (non-hydrogen) atoms. The summed E-state index contributed by atoms with van der Waals surface area (Å²) in [5, 5.41) is 16.4. The van der Waals surface area contributed by atoms with Gasteiger partial charge in [-0.25, -0.2) is 9.59 Å². The van der Waals surface area contributed by atoms with Crippen molar-refractivity contribution in [3.63, 3.8) is 0 Å². The van der Waals surface area contributed by atoms with Gasteiger partial charge in [-0.1, -0.05) is 30.3 Å². The summed E-state index contributed by atoms with van der Waals surface area (Å²) in [5.74, 6) is -0.541. The van der Waals surface area contributed by atoms with Crippen LogP contribution in [0.15, 0.2) is 58.3 Å². The van der Waals surface area contributed by atoms with E-state index in [0.717, 1.165) is 10.1 Å². The minimum Gasteiger partial charge on any atom is -0.454 e. The monoisotopic (exact) mass is 596 g/mol. The fourth-order valence-corrected chi connectivity index (χ4v) is 4.07. The molecule has 0 spiro atoms. The van der Waals surface area contributed by atoms with Crippen LogP contribution in [0, 0.1) is 17.0 Å². The Bertz CT molecular complexity index is 1640. The number of rotatable bonds is 12. The van der Waals surface area contributed by atoms with E-state index in [0.29, 0.717) is 5.75 Å². The van der Waals surface area contributed by atoms with Crippen LogP contribution >= 0.6 is 0 Å². The molecule has 3 amide bonds. The molecule has 0 saturated heterocycles. The van der Waals surface area contributed by atoms with Gasteiger partial charge in [-0.2, -0.15) is 0 Å². The molecule has 226 valence electrons. The average molecular weight is 597 g/mol. The summed E-state index contributed by atoms with van der Waals surface area (Å²) in [6.45, 7) is 0.320. The minimum atomic E-state index is -0.872. The van der Waals surface area contributed by atoms with E-state index in [-0.39, 0.29) is 55.5 Å². The average Bonchev–Trinajstić information content (AvgIpc) is 3.44. The highest BCUT2D eigenvalue weighted by Crippen LogP contribution is 2.38. The maximum absolute atomic E-state index is 13.1. The highest BCUT2D eigenvalue weighted by atomic mass is 16.7. The summed E-state index contributed by atoms with van der Waals surface area (Å²) in [5.41, 5.74) is -0.486. The number of alkyl carbamates (subject to hydrolysis) is 1. The molecular weight excluding hydrogens is 568 g/mol. The van der Waals surface area contributed by atoms with Crippen LogP contribution in [0.25, 0.3) is 0 Å². The van der Waals surface area contributed by atoms with Gasteiger partial charge in [0.25, 0.3) is 11.2 Å². The van der Waals surface area contributed by atoms with Crippen molar-refractivity contribution < 1.29 is 33.5 Å². The summed E-state index contributed by atoms with van der Waals surface area (Å²) in [6.07, 6.45) is 0.402. The van der Waals surface area contributed by atoms with Gasteiger partial charge in [-0.15, -0.1) is 0 Å². The lowest BCUT2D eigenvalue weighted by Crippen LogP contribution is -2.44. The molecule has 0 atom stereocenters. The fraction of sp³-hybridized carbons (Fsp3) is 0.296. The second-order valence-corrected chi connectivity index (χ2v) is 9.38. The second-order valence-electron chi connectivity index (χ2n) is 9.38. The lowest BCUT2D eigenvalue weighted by atomic mass is 10.1. The standard InChI is InChI=1S/C27H28N6O10/c1-17-11-32(26(37)30-25(17)36)14-24(35)31(12-18-5-3-2-4-6-18)13-23(34)28-7-8-29-27(38)41-15-19-9-21-22(43-16-42-21)10-20(19)33(39)40/h2-6,9-11H,7-8,12-16H2,1H3,(H,28,34)(H,29,38)(H,30,36,37). The number of nitrogens with zero attached hydrogens (tertiary/aromatic N) is 3. The molecule has 2 aromatic carbocycles. The number of fused-ring (bicyclic) bond motifs is 1. The van der Waals surface area contributed by atoms with E-state index >= 15 is 0 Å². The number of carbonyl (C=O) groups excluding carboxylic acids is 3. The number of hydrogen-bond acceptors (Lipinski definition) is 10. The van der Waals surface area contributed by atoms with Crippen molar-refractivity contribution in [2.24, 2.45) is 0 Å². The number of aromatic amines is 1. The third kappa shape index (κ3) is 8.18. The molecule has 3 aromatic rings. The third-order valence-corrected chi connectivity index (χ3v) is 6.24. The van der Waals surface area contributed by atoms with Gasteiger partial charge in [0, 0.05) is 31.4 Å². The zero-order chi connectivity index (χ0) is 30.9. The number of carbonyl (C=O) groups is 3. The van der Waals surface area contributed by atoms with Crippen LogP contribution < -0.4 is 31.4 Å². The van der Waals surface area contributed by atoms with E-state index in [1.54, 1.807) is 30.3 Å². The molecule has 0 aliphatic carbocycles. The molecule has 3 N–H and O–H groups in total. The number of benzene rings is 2. The lowest BCUT2D eigenvalue weighted by Gasteiger charge is -2.23. The van der Waals surface area contributed by atoms with Gasteiger partial charge in [0.2, 0.25) is 18.6 Å².